The van der Waals surface area contributed by atoms with Gasteiger partial charge in [-0.1, -0.05) is 36.4 Å². The number of benzene rings is 2. The van der Waals surface area contributed by atoms with E-state index in [2.05, 4.69) is 0 Å². The first kappa shape index (κ1) is 13.0. The van der Waals surface area contributed by atoms with Crippen LogP contribution in [0, 0.1) is 6.92 Å². The van der Waals surface area contributed by atoms with Crippen LogP contribution in [0.25, 0.3) is 12.2 Å². The van der Waals surface area contributed by atoms with E-state index >= 15 is 0 Å². The summed E-state index contributed by atoms with van der Waals surface area (Å²) < 4.78 is 5.14. The molecule has 3 nitrogen and oxygen atoms in total. The number of aryl methyl sites for hydroxylation is 1. The van der Waals surface area contributed by atoms with E-state index in [0.717, 1.165) is 5.56 Å². The smallest absolute Gasteiger partial charge is 0.171 e. The molecule has 0 spiro atoms. The minimum Gasteiger partial charge on any atom is -0.507 e. The molecule has 0 heterocycles. The molecular formula is C16H16O3. The first-order valence-electron chi connectivity index (χ1n) is 5.96. The predicted molar refractivity (Wildman–Crippen MR) is 76.4 cm³/mol. The Hall–Kier alpha value is -2.42. The zero-order valence-corrected chi connectivity index (χ0v) is 10.9. The van der Waals surface area contributed by atoms with E-state index in [9.17, 15) is 10.2 Å². The molecule has 0 aromatic heterocycles. The molecule has 2 N–H and O–H groups in total. The first-order valence-corrected chi connectivity index (χ1v) is 5.96. The summed E-state index contributed by atoms with van der Waals surface area (Å²) in [6, 6.07) is 11.2. The van der Waals surface area contributed by atoms with Crippen molar-refractivity contribution in [2.24, 2.45) is 0 Å². The van der Waals surface area contributed by atoms with Gasteiger partial charge in [0.15, 0.2) is 11.5 Å². The third kappa shape index (κ3) is 2.71. The number of rotatable bonds is 3. The number of hydrogen-bond donors (Lipinski definition) is 2. The molecule has 3 heteroatoms. The van der Waals surface area contributed by atoms with Gasteiger partial charge in [-0.05, 0) is 30.2 Å². The van der Waals surface area contributed by atoms with Crippen LogP contribution in [-0.2, 0) is 0 Å². The second kappa shape index (κ2) is 5.48. The number of hydrogen-bond acceptors (Lipinski definition) is 3. The van der Waals surface area contributed by atoms with Gasteiger partial charge in [-0.2, -0.15) is 0 Å². The summed E-state index contributed by atoms with van der Waals surface area (Å²) in [4.78, 5) is 0. The van der Waals surface area contributed by atoms with Crippen molar-refractivity contribution < 1.29 is 14.9 Å². The van der Waals surface area contributed by atoms with Gasteiger partial charge in [0.1, 0.15) is 5.75 Å². The molecule has 0 amide bonds. The predicted octanol–water partition coefficient (Wildman–Crippen LogP) is 3.59. The molecule has 0 aliphatic carbocycles. The SMILES string of the molecule is COc1c(O)cc(C)c(O)c1/C=C/c1ccccc1. The normalized spacial score (nSPS) is 10.8. The van der Waals surface area contributed by atoms with Crippen LogP contribution >= 0.6 is 0 Å². The minimum atomic E-state index is 0.0190. The molecule has 98 valence electrons. The highest BCUT2D eigenvalue weighted by Gasteiger charge is 2.13. The van der Waals surface area contributed by atoms with Crippen LogP contribution < -0.4 is 4.74 Å². The average molecular weight is 256 g/mol. The quantitative estimate of drug-likeness (QED) is 0.651. The number of aromatic hydroxyl groups is 2. The van der Waals surface area contributed by atoms with E-state index in [1.807, 2.05) is 36.4 Å². The highest BCUT2D eigenvalue weighted by molar-refractivity contribution is 5.78. The Balaban J connectivity index is 2.47. The van der Waals surface area contributed by atoms with Crippen LogP contribution in [0.2, 0.25) is 0 Å². The van der Waals surface area contributed by atoms with Crippen molar-refractivity contribution in [2.45, 2.75) is 6.92 Å². The maximum atomic E-state index is 10.1. The second-order valence-corrected chi connectivity index (χ2v) is 4.25. The first-order chi connectivity index (χ1) is 9.13. The largest absolute Gasteiger partial charge is 0.507 e. The van der Waals surface area contributed by atoms with Gasteiger partial charge in [0.25, 0.3) is 0 Å². The molecule has 0 radical (unpaired) electrons. The molecule has 0 saturated carbocycles. The second-order valence-electron chi connectivity index (χ2n) is 4.25. The van der Waals surface area contributed by atoms with Crippen LogP contribution in [0.15, 0.2) is 36.4 Å². The summed E-state index contributed by atoms with van der Waals surface area (Å²) >= 11 is 0. The van der Waals surface area contributed by atoms with Gasteiger partial charge in [0.2, 0.25) is 0 Å². The molecule has 0 aliphatic rings. The molecule has 0 unspecified atom stereocenters. The summed E-state index contributed by atoms with van der Waals surface area (Å²) in [7, 11) is 1.46. The Morgan fingerprint density at radius 2 is 1.74 bits per heavy atom. The van der Waals surface area contributed by atoms with Gasteiger partial charge in [0, 0.05) is 0 Å². The maximum absolute atomic E-state index is 10.1. The molecule has 2 aromatic rings. The third-order valence-electron chi connectivity index (χ3n) is 2.91. The Morgan fingerprint density at radius 1 is 1.05 bits per heavy atom. The van der Waals surface area contributed by atoms with Crippen LogP contribution in [0.4, 0.5) is 0 Å². The van der Waals surface area contributed by atoms with Crippen molar-refractivity contribution in [1.29, 1.82) is 0 Å². The number of phenols is 2. The van der Waals surface area contributed by atoms with Crippen molar-refractivity contribution in [1.82, 2.24) is 0 Å². The van der Waals surface area contributed by atoms with E-state index in [-0.39, 0.29) is 17.2 Å². The van der Waals surface area contributed by atoms with Crippen molar-refractivity contribution in [3.8, 4) is 17.2 Å². The molecule has 2 rings (SSSR count). The molecule has 0 saturated heterocycles. The fourth-order valence-electron chi connectivity index (χ4n) is 1.91. The van der Waals surface area contributed by atoms with E-state index in [4.69, 9.17) is 4.74 Å². The molecule has 19 heavy (non-hydrogen) atoms. The van der Waals surface area contributed by atoms with Crippen molar-refractivity contribution >= 4 is 12.2 Å². The van der Waals surface area contributed by atoms with Crippen molar-refractivity contribution in [3.63, 3.8) is 0 Å². The van der Waals surface area contributed by atoms with E-state index in [0.29, 0.717) is 11.1 Å². The van der Waals surface area contributed by atoms with Crippen LogP contribution in [0.3, 0.4) is 0 Å². The van der Waals surface area contributed by atoms with Gasteiger partial charge < -0.3 is 14.9 Å². The van der Waals surface area contributed by atoms with E-state index in [1.165, 1.54) is 13.2 Å². The Bertz CT molecular complexity index is 601. The zero-order valence-electron chi connectivity index (χ0n) is 10.9. The zero-order chi connectivity index (χ0) is 13.8. The number of phenolic OH excluding ortho intramolecular Hbond substituents is 2. The Morgan fingerprint density at radius 3 is 2.37 bits per heavy atom. The maximum Gasteiger partial charge on any atom is 0.171 e. The molecule has 0 atom stereocenters. The summed E-state index contributed by atoms with van der Waals surface area (Å²) in [6.45, 7) is 1.73. The number of methoxy groups -OCH3 is 1. The lowest BCUT2D eigenvalue weighted by Gasteiger charge is -2.11. The van der Waals surface area contributed by atoms with E-state index in [1.54, 1.807) is 13.0 Å². The lowest BCUT2D eigenvalue weighted by molar-refractivity contribution is 0.366. The summed E-state index contributed by atoms with van der Waals surface area (Å²) in [5.41, 5.74) is 2.08. The average Bonchev–Trinajstić information content (AvgIpc) is 2.42. The molecule has 0 bridgehead atoms. The van der Waals surface area contributed by atoms with Crippen LogP contribution in [-0.4, -0.2) is 17.3 Å². The summed E-state index contributed by atoms with van der Waals surface area (Å²) in [5, 5.41) is 19.9. The molecule has 2 aromatic carbocycles. The highest BCUT2D eigenvalue weighted by Crippen LogP contribution is 2.39. The highest BCUT2D eigenvalue weighted by atomic mass is 16.5. The van der Waals surface area contributed by atoms with Gasteiger partial charge in [0.05, 0.1) is 12.7 Å². The van der Waals surface area contributed by atoms with Crippen molar-refractivity contribution in [2.75, 3.05) is 7.11 Å². The van der Waals surface area contributed by atoms with Gasteiger partial charge in [-0.15, -0.1) is 0 Å². The monoisotopic (exact) mass is 256 g/mol. The molecule has 0 aliphatic heterocycles. The molecule has 0 fully saturated rings. The topological polar surface area (TPSA) is 49.7 Å². The van der Waals surface area contributed by atoms with Crippen LogP contribution in [0.1, 0.15) is 16.7 Å². The van der Waals surface area contributed by atoms with Crippen molar-refractivity contribution in [3.05, 3.63) is 53.1 Å². The minimum absolute atomic E-state index is 0.0190. The lowest BCUT2D eigenvalue weighted by atomic mass is 10.1. The Kier molecular flexibility index (Phi) is 3.76. The van der Waals surface area contributed by atoms with E-state index < -0.39 is 0 Å². The van der Waals surface area contributed by atoms with Gasteiger partial charge in [-0.25, -0.2) is 0 Å². The summed E-state index contributed by atoms with van der Waals surface area (Å²) in [5.74, 6) is 0.405. The Labute approximate surface area is 112 Å². The van der Waals surface area contributed by atoms with Gasteiger partial charge in [-0.3, -0.25) is 0 Å². The summed E-state index contributed by atoms with van der Waals surface area (Å²) in [6.07, 6.45) is 3.59. The van der Waals surface area contributed by atoms with Gasteiger partial charge >= 0.3 is 0 Å². The fourth-order valence-corrected chi connectivity index (χ4v) is 1.91. The lowest BCUT2D eigenvalue weighted by Crippen LogP contribution is -1.90. The third-order valence-corrected chi connectivity index (χ3v) is 2.91. The fraction of sp³-hybridized carbons (Fsp3) is 0.125. The van der Waals surface area contributed by atoms with Crippen LogP contribution in [0.5, 0.6) is 17.2 Å². The molecular weight excluding hydrogens is 240 g/mol. The standard InChI is InChI=1S/C16H16O3/c1-11-10-14(17)16(19-2)13(15(11)18)9-8-12-6-4-3-5-7-12/h3-10,17-18H,1-2H3/b9-8+. The number of ether oxygens (including phenoxy) is 1.